The average Bonchev–Trinajstić information content (AvgIpc) is 3.05. The Balaban J connectivity index is 1.15. The molecule has 0 radical (unpaired) electrons. The minimum atomic E-state index is -0.264. The number of H-pyrrole nitrogens is 1. The number of nitrogens with zero attached hydrogens (tertiary/aromatic N) is 4. The van der Waals surface area contributed by atoms with Gasteiger partial charge < -0.3 is 34.1 Å². The van der Waals surface area contributed by atoms with E-state index in [-0.39, 0.29) is 22.9 Å². The van der Waals surface area contributed by atoms with Gasteiger partial charge in [-0.25, -0.2) is 4.98 Å². The Labute approximate surface area is 260 Å². The van der Waals surface area contributed by atoms with Crippen molar-refractivity contribution < 1.29 is 29.2 Å². The highest BCUT2D eigenvalue weighted by atomic mass is 16.5. The first-order valence-electron chi connectivity index (χ1n) is 15.1. The molecule has 0 saturated carbocycles. The summed E-state index contributed by atoms with van der Waals surface area (Å²) in [6.07, 6.45) is 0. The van der Waals surface area contributed by atoms with Crippen LogP contribution in [0.3, 0.4) is 0 Å². The van der Waals surface area contributed by atoms with E-state index in [2.05, 4.69) is 24.9 Å². The number of nitrogens with one attached hydrogen (secondary N) is 1. The van der Waals surface area contributed by atoms with E-state index in [0.717, 1.165) is 10.8 Å². The van der Waals surface area contributed by atoms with E-state index in [0.29, 0.717) is 114 Å². The number of rotatable bonds is 5. The van der Waals surface area contributed by atoms with Crippen LogP contribution in [0.1, 0.15) is 11.1 Å². The standard InChI is InChI=1S/C32H39N5O8/c38-28-8-6-24-2-4-26(32(40)30(24)34-28)22-37-11-15-44-19-17-42-13-9-36(10-14-43-18-20-45-16-12-37)21-25-3-1-23-5-7-27(35-41)33-29(23)31(25)39/h1-8,39-40H,9-22H2,(H,34,38). The van der Waals surface area contributed by atoms with E-state index in [1.54, 1.807) is 12.1 Å². The van der Waals surface area contributed by atoms with Crippen molar-refractivity contribution >= 4 is 27.6 Å². The second-order valence-electron chi connectivity index (χ2n) is 10.8. The highest BCUT2D eigenvalue weighted by molar-refractivity contribution is 5.87. The van der Waals surface area contributed by atoms with Gasteiger partial charge in [-0.05, 0) is 23.4 Å². The van der Waals surface area contributed by atoms with Gasteiger partial charge in [-0.2, -0.15) is 0 Å². The summed E-state index contributed by atoms with van der Waals surface area (Å²) in [5, 5.41) is 26.1. The van der Waals surface area contributed by atoms with E-state index in [1.165, 1.54) is 12.1 Å². The molecule has 1 aliphatic rings. The van der Waals surface area contributed by atoms with Gasteiger partial charge in [0.1, 0.15) is 17.0 Å². The van der Waals surface area contributed by atoms with Gasteiger partial charge in [-0.15, -0.1) is 4.91 Å². The first-order chi connectivity index (χ1) is 22.0. The molecule has 1 aliphatic heterocycles. The lowest BCUT2D eigenvalue weighted by atomic mass is 10.1. The average molecular weight is 622 g/mol. The van der Waals surface area contributed by atoms with Gasteiger partial charge in [0.25, 0.3) is 0 Å². The zero-order valence-corrected chi connectivity index (χ0v) is 25.2. The number of hydrogen-bond donors (Lipinski definition) is 3. The van der Waals surface area contributed by atoms with Crippen molar-refractivity contribution in [3.63, 3.8) is 0 Å². The quantitative estimate of drug-likeness (QED) is 0.281. The summed E-state index contributed by atoms with van der Waals surface area (Å²) in [5.41, 5.74) is 1.90. The third kappa shape index (κ3) is 9.03. The molecule has 0 unspecified atom stereocenters. The topological polar surface area (TPSA) is 159 Å². The van der Waals surface area contributed by atoms with E-state index in [4.69, 9.17) is 18.9 Å². The predicted molar refractivity (Wildman–Crippen MR) is 169 cm³/mol. The highest BCUT2D eigenvalue weighted by Gasteiger charge is 2.15. The highest BCUT2D eigenvalue weighted by Crippen LogP contribution is 2.30. The summed E-state index contributed by atoms with van der Waals surface area (Å²) in [4.78, 5) is 33.9. The normalized spacial score (nSPS) is 17.6. The van der Waals surface area contributed by atoms with Gasteiger partial charge in [-0.3, -0.25) is 14.6 Å². The molecule has 0 aliphatic carbocycles. The van der Waals surface area contributed by atoms with Crippen LogP contribution >= 0.6 is 0 Å². The fourth-order valence-electron chi connectivity index (χ4n) is 5.20. The Bertz CT molecular complexity index is 1610. The summed E-state index contributed by atoms with van der Waals surface area (Å²) in [5.74, 6) is 0.119. The van der Waals surface area contributed by atoms with Crippen LogP contribution in [0, 0.1) is 4.91 Å². The molecule has 45 heavy (non-hydrogen) atoms. The lowest BCUT2D eigenvalue weighted by Crippen LogP contribution is -2.32. The van der Waals surface area contributed by atoms with E-state index in [1.807, 2.05) is 24.3 Å². The number of benzene rings is 2. The number of phenolic OH excluding ortho intramolecular Hbond substituents is 2. The molecule has 2 aromatic carbocycles. The molecule has 13 heteroatoms. The van der Waals surface area contributed by atoms with Crippen molar-refractivity contribution in [2.45, 2.75) is 13.1 Å². The van der Waals surface area contributed by atoms with Gasteiger partial charge >= 0.3 is 0 Å². The van der Waals surface area contributed by atoms with Crippen LogP contribution in [0.25, 0.3) is 21.8 Å². The van der Waals surface area contributed by atoms with Gasteiger partial charge in [0.15, 0.2) is 5.82 Å². The third-order valence-corrected chi connectivity index (χ3v) is 7.69. The summed E-state index contributed by atoms with van der Waals surface area (Å²) >= 11 is 0. The largest absolute Gasteiger partial charge is 0.505 e. The van der Waals surface area contributed by atoms with Crippen molar-refractivity contribution in [2.75, 3.05) is 79.0 Å². The lowest BCUT2D eigenvalue weighted by molar-refractivity contribution is 0.00612. The first-order valence-corrected chi connectivity index (χ1v) is 15.1. The molecule has 5 rings (SSSR count). The molecular formula is C32H39N5O8. The summed E-state index contributed by atoms with van der Waals surface area (Å²) in [6.45, 7) is 6.95. The summed E-state index contributed by atoms with van der Waals surface area (Å²) < 4.78 is 23.4. The van der Waals surface area contributed by atoms with Crippen LogP contribution in [0.2, 0.25) is 0 Å². The van der Waals surface area contributed by atoms with Crippen LogP contribution in [0.4, 0.5) is 5.82 Å². The van der Waals surface area contributed by atoms with E-state index in [9.17, 15) is 19.9 Å². The van der Waals surface area contributed by atoms with Crippen molar-refractivity contribution in [3.05, 3.63) is 74.9 Å². The maximum atomic E-state index is 11.8. The number of fused-ring (bicyclic) bond motifs is 2. The fraction of sp³-hybridized carbons (Fsp3) is 0.438. The zero-order valence-electron chi connectivity index (χ0n) is 25.2. The molecule has 2 aromatic heterocycles. The SMILES string of the molecule is O=Nc1ccc2ccc(CN3CCOCCOCCN(Cc4ccc5ccc(=O)[nH]c5c4O)CCOCCOCC3)c(O)c2n1. The van der Waals surface area contributed by atoms with Gasteiger partial charge in [0.2, 0.25) is 5.56 Å². The molecule has 0 spiro atoms. The third-order valence-electron chi connectivity index (χ3n) is 7.69. The van der Waals surface area contributed by atoms with Gasteiger partial charge in [0.05, 0.1) is 58.4 Å². The van der Waals surface area contributed by atoms with Crippen molar-refractivity contribution in [1.82, 2.24) is 19.8 Å². The van der Waals surface area contributed by atoms with Crippen molar-refractivity contribution in [2.24, 2.45) is 5.18 Å². The van der Waals surface area contributed by atoms with Crippen LogP contribution in [-0.2, 0) is 32.0 Å². The smallest absolute Gasteiger partial charge is 0.248 e. The molecule has 0 atom stereocenters. The predicted octanol–water partition coefficient (Wildman–Crippen LogP) is 3.27. The van der Waals surface area contributed by atoms with Gasteiger partial charge in [-0.1, -0.05) is 24.3 Å². The van der Waals surface area contributed by atoms with Crippen molar-refractivity contribution in [3.8, 4) is 11.5 Å². The Morgan fingerprint density at radius 3 is 1.71 bits per heavy atom. The maximum Gasteiger partial charge on any atom is 0.248 e. The molecular weight excluding hydrogens is 582 g/mol. The van der Waals surface area contributed by atoms with Crippen LogP contribution < -0.4 is 5.56 Å². The van der Waals surface area contributed by atoms with Crippen LogP contribution in [0.5, 0.6) is 11.5 Å². The summed E-state index contributed by atoms with van der Waals surface area (Å²) in [7, 11) is 0. The molecule has 1 fully saturated rings. The molecule has 0 amide bonds. The molecule has 0 bridgehead atoms. The lowest BCUT2D eigenvalue weighted by Gasteiger charge is -2.24. The summed E-state index contributed by atoms with van der Waals surface area (Å²) in [6, 6.07) is 13.8. The Kier molecular flexibility index (Phi) is 11.8. The van der Waals surface area contributed by atoms with Gasteiger partial charge in [0, 0.05) is 67.2 Å². The number of hydrogen-bond acceptors (Lipinski definition) is 12. The van der Waals surface area contributed by atoms with E-state index < -0.39 is 0 Å². The minimum Gasteiger partial charge on any atom is -0.505 e. The van der Waals surface area contributed by atoms with E-state index >= 15 is 0 Å². The molecule has 3 N–H and O–H groups in total. The second-order valence-corrected chi connectivity index (χ2v) is 10.8. The first kappa shape index (κ1) is 32.4. The number of nitroso groups, excluding NO2 is 1. The molecule has 4 aromatic rings. The number of pyridine rings is 2. The molecule has 1 saturated heterocycles. The monoisotopic (exact) mass is 621 g/mol. The zero-order chi connectivity index (χ0) is 31.4. The second kappa shape index (κ2) is 16.4. The molecule has 13 nitrogen and oxygen atoms in total. The van der Waals surface area contributed by atoms with Crippen LogP contribution in [0.15, 0.2) is 58.5 Å². The van der Waals surface area contributed by atoms with Crippen molar-refractivity contribution in [1.29, 1.82) is 0 Å². The molecule has 240 valence electrons. The number of aromatic amines is 1. The number of phenols is 2. The Morgan fingerprint density at radius 2 is 1.16 bits per heavy atom. The molecule has 3 heterocycles. The Hall–Kier alpha value is -3.98. The minimum absolute atomic E-state index is 0.0215. The number of aromatic hydroxyl groups is 2. The maximum absolute atomic E-state index is 11.8. The number of ether oxygens (including phenoxy) is 4. The van der Waals surface area contributed by atoms with Crippen LogP contribution in [-0.4, -0.2) is 109 Å². The fourth-order valence-corrected chi connectivity index (χ4v) is 5.20. The Morgan fingerprint density at radius 1 is 0.667 bits per heavy atom. The number of aromatic nitrogens is 2.